The molecular formula is C21H26BrClO4. The van der Waals surface area contributed by atoms with Crippen LogP contribution in [0.2, 0.25) is 0 Å². The maximum absolute atomic E-state index is 13.2. The first-order valence-electron chi connectivity index (χ1n) is 9.87. The van der Waals surface area contributed by atoms with Gasteiger partial charge < -0.3 is 5.11 Å². The lowest BCUT2D eigenvalue weighted by Gasteiger charge is -2.62. The van der Waals surface area contributed by atoms with Crippen molar-refractivity contribution in [1.29, 1.82) is 0 Å². The summed E-state index contributed by atoms with van der Waals surface area (Å²) in [4.78, 5) is 37.7. The van der Waals surface area contributed by atoms with Crippen molar-refractivity contribution in [3.8, 4) is 0 Å². The summed E-state index contributed by atoms with van der Waals surface area (Å²) in [5.74, 6) is -0.0557. The Morgan fingerprint density at radius 1 is 1.22 bits per heavy atom. The Labute approximate surface area is 173 Å². The Kier molecular flexibility index (Phi) is 4.57. The molecule has 4 rings (SSSR count). The van der Waals surface area contributed by atoms with Crippen LogP contribution in [0.5, 0.6) is 0 Å². The standard InChI is InChI=1S/C21H26BrClO4/c1-19-7-8-21(22)13(12(19)5-6-14(19)16(26)10-24)4-3-11-9-15(25)17(23)18(27)20(11,21)2/h9,12-14,17,24H,3-8,10H2,1-2H3/t12-,13-,14+,17?,19-,20+,21+/m0/s1. The third-order valence-electron chi connectivity index (χ3n) is 8.54. The van der Waals surface area contributed by atoms with Crippen LogP contribution < -0.4 is 0 Å². The summed E-state index contributed by atoms with van der Waals surface area (Å²) in [6.07, 6.45) is 6.58. The predicted molar refractivity (Wildman–Crippen MR) is 106 cm³/mol. The van der Waals surface area contributed by atoms with E-state index in [0.717, 1.165) is 44.1 Å². The van der Waals surface area contributed by atoms with Crippen molar-refractivity contribution in [2.75, 3.05) is 6.61 Å². The van der Waals surface area contributed by atoms with Crippen LogP contribution in [-0.4, -0.2) is 38.8 Å². The largest absolute Gasteiger partial charge is 0.389 e. The number of aliphatic hydroxyl groups is 1. The van der Waals surface area contributed by atoms with Gasteiger partial charge in [-0.05, 0) is 68.8 Å². The van der Waals surface area contributed by atoms with Gasteiger partial charge in [0.15, 0.2) is 22.7 Å². The number of fused-ring (bicyclic) bond motifs is 5. The Morgan fingerprint density at radius 3 is 2.59 bits per heavy atom. The van der Waals surface area contributed by atoms with E-state index in [1.54, 1.807) is 6.08 Å². The van der Waals surface area contributed by atoms with E-state index in [1.165, 1.54) is 0 Å². The number of hydrogen-bond acceptors (Lipinski definition) is 4. The molecule has 3 fully saturated rings. The van der Waals surface area contributed by atoms with Gasteiger partial charge in [0.25, 0.3) is 0 Å². The summed E-state index contributed by atoms with van der Waals surface area (Å²) >= 11 is 10.2. The number of carbonyl (C=O) groups excluding carboxylic acids is 3. The van der Waals surface area contributed by atoms with Gasteiger partial charge in [-0.1, -0.05) is 28.4 Å². The Balaban J connectivity index is 1.77. The highest BCUT2D eigenvalue weighted by Gasteiger charge is 2.69. The van der Waals surface area contributed by atoms with Gasteiger partial charge in [0.1, 0.15) is 6.61 Å². The summed E-state index contributed by atoms with van der Waals surface area (Å²) in [7, 11) is 0. The molecule has 0 aliphatic heterocycles. The Bertz CT molecular complexity index is 763. The van der Waals surface area contributed by atoms with Gasteiger partial charge in [-0.3, -0.25) is 14.4 Å². The molecule has 0 amide bonds. The van der Waals surface area contributed by atoms with Gasteiger partial charge in [0, 0.05) is 10.2 Å². The third kappa shape index (κ3) is 2.34. The molecule has 0 heterocycles. The minimum Gasteiger partial charge on any atom is -0.389 e. The molecule has 0 spiro atoms. The molecule has 0 aromatic heterocycles. The maximum Gasteiger partial charge on any atom is 0.181 e. The highest BCUT2D eigenvalue weighted by molar-refractivity contribution is 9.10. The molecule has 4 nitrogen and oxygen atoms in total. The van der Waals surface area contributed by atoms with E-state index < -0.39 is 21.7 Å². The molecule has 3 saturated carbocycles. The first kappa shape index (κ1) is 19.8. The molecule has 4 aliphatic rings. The normalized spacial score (nSPS) is 49.1. The van der Waals surface area contributed by atoms with Crippen LogP contribution in [0, 0.1) is 28.6 Å². The lowest BCUT2D eigenvalue weighted by molar-refractivity contribution is -0.139. The van der Waals surface area contributed by atoms with Crippen LogP contribution in [0.15, 0.2) is 11.6 Å². The highest BCUT2D eigenvalue weighted by Crippen LogP contribution is 2.70. The van der Waals surface area contributed by atoms with Gasteiger partial charge in [-0.2, -0.15) is 0 Å². The zero-order valence-corrected chi connectivity index (χ0v) is 18.1. The van der Waals surface area contributed by atoms with Crippen molar-refractivity contribution in [1.82, 2.24) is 0 Å². The molecular weight excluding hydrogens is 432 g/mol. The summed E-state index contributed by atoms with van der Waals surface area (Å²) in [6, 6.07) is 0. The van der Waals surface area contributed by atoms with Crippen molar-refractivity contribution in [2.45, 2.75) is 62.1 Å². The van der Waals surface area contributed by atoms with Gasteiger partial charge in [0.05, 0.1) is 5.41 Å². The lowest BCUT2D eigenvalue weighted by Crippen LogP contribution is -2.64. The first-order chi connectivity index (χ1) is 12.6. The van der Waals surface area contributed by atoms with Crippen molar-refractivity contribution in [2.24, 2.45) is 28.6 Å². The summed E-state index contributed by atoms with van der Waals surface area (Å²) < 4.78 is -0.434. The third-order valence-corrected chi connectivity index (χ3v) is 10.7. The first-order valence-corrected chi connectivity index (χ1v) is 11.1. The molecule has 148 valence electrons. The Hall–Kier alpha value is -0.520. The number of rotatable bonds is 2. The zero-order chi connectivity index (χ0) is 19.8. The average molecular weight is 458 g/mol. The summed E-state index contributed by atoms with van der Waals surface area (Å²) in [6.45, 7) is 3.76. The number of carbonyl (C=O) groups is 3. The van der Waals surface area contributed by atoms with E-state index >= 15 is 0 Å². The minimum atomic E-state index is -1.10. The average Bonchev–Trinajstić information content (AvgIpc) is 2.99. The lowest BCUT2D eigenvalue weighted by atomic mass is 9.46. The van der Waals surface area contributed by atoms with E-state index in [-0.39, 0.29) is 34.6 Å². The quantitative estimate of drug-likeness (QED) is 0.508. The molecule has 0 bridgehead atoms. The van der Waals surface area contributed by atoms with Crippen LogP contribution in [0.4, 0.5) is 0 Å². The molecule has 0 saturated heterocycles. The minimum absolute atomic E-state index is 0.0511. The van der Waals surface area contributed by atoms with Gasteiger partial charge in [-0.15, -0.1) is 11.6 Å². The Morgan fingerprint density at radius 2 is 1.93 bits per heavy atom. The predicted octanol–water partition coefficient (Wildman–Crippen LogP) is 3.61. The van der Waals surface area contributed by atoms with Crippen molar-refractivity contribution in [3.05, 3.63) is 11.6 Å². The van der Waals surface area contributed by atoms with Crippen molar-refractivity contribution < 1.29 is 19.5 Å². The molecule has 0 radical (unpaired) electrons. The maximum atomic E-state index is 13.2. The number of Topliss-reactive ketones (excluding diaryl/α,β-unsaturated/α-hetero) is 2. The molecule has 6 heteroatoms. The SMILES string of the molecule is C[C@]12CC[C@@]3(Br)[C@@H](CCC4=CC(=O)C(Cl)C(=O)[C@@]43C)[C@@H]1CC[C@@H]2C(=O)CO. The van der Waals surface area contributed by atoms with E-state index in [9.17, 15) is 19.5 Å². The van der Waals surface area contributed by atoms with Crippen LogP contribution in [0.3, 0.4) is 0 Å². The number of hydrogen-bond donors (Lipinski definition) is 1. The van der Waals surface area contributed by atoms with E-state index in [1.807, 2.05) is 6.92 Å². The fourth-order valence-electron chi connectivity index (χ4n) is 6.96. The monoisotopic (exact) mass is 456 g/mol. The second-order valence-corrected chi connectivity index (χ2v) is 11.1. The number of aliphatic hydroxyl groups excluding tert-OH is 1. The molecule has 7 atom stereocenters. The fourth-order valence-corrected chi connectivity index (χ4v) is 8.44. The van der Waals surface area contributed by atoms with Crippen LogP contribution in [-0.2, 0) is 14.4 Å². The molecule has 1 N–H and O–H groups in total. The number of halogens is 2. The molecule has 0 aromatic carbocycles. The smallest absolute Gasteiger partial charge is 0.181 e. The number of alkyl halides is 2. The zero-order valence-electron chi connectivity index (χ0n) is 15.8. The van der Waals surface area contributed by atoms with Crippen LogP contribution in [0.1, 0.15) is 52.4 Å². The molecule has 27 heavy (non-hydrogen) atoms. The molecule has 4 aliphatic carbocycles. The van der Waals surface area contributed by atoms with E-state index in [2.05, 4.69) is 22.9 Å². The number of allylic oxidation sites excluding steroid dienone is 1. The van der Waals surface area contributed by atoms with E-state index in [4.69, 9.17) is 11.6 Å². The summed E-state index contributed by atoms with van der Waals surface area (Å²) in [5, 5.41) is 8.31. The second-order valence-electron chi connectivity index (χ2n) is 9.30. The van der Waals surface area contributed by atoms with Gasteiger partial charge in [0.2, 0.25) is 0 Å². The van der Waals surface area contributed by atoms with E-state index in [0.29, 0.717) is 5.92 Å². The second kappa shape index (κ2) is 6.24. The van der Waals surface area contributed by atoms with Crippen LogP contribution >= 0.6 is 27.5 Å². The summed E-state index contributed by atoms with van der Waals surface area (Å²) in [5.41, 5.74) is -0.00346. The molecule has 1 unspecified atom stereocenters. The van der Waals surface area contributed by atoms with Crippen molar-refractivity contribution in [3.63, 3.8) is 0 Å². The van der Waals surface area contributed by atoms with Crippen LogP contribution in [0.25, 0.3) is 0 Å². The number of ketones is 3. The fraction of sp³-hybridized carbons (Fsp3) is 0.762. The van der Waals surface area contributed by atoms with Crippen molar-refractivity contribution >= 4 is 44.9 Å². The molecule has 0 aromatic rings. The van der Waals surface area contributed by atoms with Gasteiger partial charge in [-0.25, -0.2) is 0 Å². The highest BCUT2D eigenvalue weighted by atomic mass is 79.9. The topological polar surface area (TPSA) is 71.4 Å². The van der Waals surface area contributed by atoms with Gasteiger partial charge >= 0.3 is 0 Å².